The predicted octanol–water partition coefficient (Wildman–Crippen LogP) is 0.426. The molecule has 0 aromatic heterocycles. The van der Waals surface area contributed by atoms with Crippen molar-refractivity contribution in [2.75, 3.05) is 13.2 Å². The molecule has 0 amide bonds. The molecule has 0 aromatic carbocycles. The smallest absolute Gasteiger partial charge is 0.186 e. The molecule has 1 saturated heterocycles. The maximum Gasteiger partial charge on any atom is 0.186 e. The maximum atomic E-state index is 10.2. The Morgan fingerprint density at radius 1 is 1.15 bits per heavy atom. The highest BCUT2D eigenvalue weighted by Crippen LogP contribution is 2.29. The van der Waals surface area contributed by atoms with E-state index in [9.17, 15) is 15.3 Å². The summed E-state index contributed by atoms with van der Waals surface area (Å²) < 4.78 is 16.6. The molecule has 1 heterocycles. The zero-order valence-electron chi connectivity index (χ0n) is 12.8. The second-order valence-electron chi connectivity index (χ2n) is 5.75. The molecule has 1 fully saturated rings. The van der Waals surface area contributed by atoms with Crippen LogP contribution >= 0.6 is 0 Å². The van der Waals surface area contributed by atoms with Crippen LogP contribution in [0.15, 0.2) is 0 Å². The van der Waals surface area contributed by atoms with Crippen LogP contribution in [0.3, 0.4) is 0 Å². The first-order valence-electron chi connectivity index (χ1n) is 7.28. The summed E-state index contributed by atoms with van der Waals surface area (Å²) in [7, 11) is 0. The Morgan fingerprint density at radius 3 is 2.30 bits per heavy atom. The van der Waals surface area contributed by atoms with Crippen LogP contribution < -0.4 is 0 Å². The van der Waals surface area contributed by atoms with Gasteiger partial charge in [-0.3, -0.25) is 0 Å². The molecule has 1 rings (SSSR count). The van der Waals surface area contributed by atoms with E-state index in [1.54, 1.807) is 6.92 Å². The van der Waals surface area contributed by atoms with E-state index in [-0.39, 0.29) is 6.61 Å². The number of rotatable bonds is 7. The number of hydrogen-bond acceptors (Lipinski definition) is 6. The van der Waals surface area contributed by atoms with E-state index in [1.807, 2.05) is 20.8 Å². The summed E-state index contributed by atoms with van der Waals surface area (Å²) in [6.07, 6.45) is -3.06. The molecule has 1 aliphatic rings. The van der Waals surface area contributed by atoms with Crippen molar-refractivity contribution >= 4 is 0 Å². The number of aliphatic hydroxyl groups is 3. The van der Waals surface area contributed by atoms with Crippen molar-refractivity contribution in [2.45, 2.75) is 76.8 Å². The third kappa shape index (κ3) is 4.38. The van der Waals surface area contributed by atoms with Gasteiger partial charge in [0.05, 0.1) is 12.2 Å². The Kier molecular flexibility index (Phi) is 6.84. The summed E-state index contributed by atoms with van der Waals surface area (Å²) in [4.78, 5) is 0. The van der Waals surface area contributed by atoms with E-state index in [2.05, 4.69) is 0 Å². The third-order valence-corrected chi connectivity index (χ3v) is 3.46. The van der Waals surface area contributed by atoms with Gasteiger partial charge in [0, 0.05) is 6.61 Å². The van der Waals surface area contributed by atoms with Crippen LogP contribution in [0.2, 0.25) is 0 Å². The molecule has 0 saturated carbocycles. The van der Waals surface area contributed by atoms with E-state index in [1.165, 1.54) is 0 Å². The van der Waals surface area contributed by atoms with Gasteiger partial charge in [-0.05, 0) is 27.2 Å². The van der Waals surface area contributed by atoms with Gasteiger partial charge in [0.2, 0.25) is 0 Å². The van der Waals surface area contributed by atoms with Crippen molar-refractivity contribution in [3.8, 4) is 0 Å². The summed E-state index contributed by atoms with van der Waals surface area (Å²) >= 11 is 0. The maximum absolute atomic E-state index is 10.2. The van der Waals surface area contributed by atoms with Gasteiger partial charge in [0.1, 0.15) is 24.4 Å². The molecular formula is C14H28O6. The minimum atomic E-state index is -1.19. The molecule has 3 N–H and O–H groups in total. The molecule has 6 nitrogen and oxygen atoms in total. The fourth-order valence-corrected chi connectivity index (χ4v) is 2.53. The largest absolute Gasteiger partial charge is 0.394 e. The summed E-state index contributed by atoms with van der Waals surface area (Å²) in [5, 5.41) is 29.7. The fourth-order valence-electron chi connectivity index (χ4n) is 2.53. The van der Waals surface area contributed by atoms with Crippen LogP contribution in [-0.2, 0) is 14.2 Å². The van der Waals surface area contributed by atoms with Gasteiger partial charge >= 0.3 is 0 Å². The molecule has 5 atom stereocenters. The molecule has 1 aliphatic heterocycles. The standard InChI is InChI=1S/C14H28O6/c1-5-7-14(3,4)20-12-9(8-15)19-13(18-6-2)11(17)10(12)16/h9-13,15-17H,5-8H2,1-4H3. The Labute approximate surface area is 120 Å². The average Bonchev–Trinajstić information content (AvgIpc) is 2.38. The van der Waals surface area contributed by atoms with Crippen molar-refractivity contribution in [1.29, 1.82) is 0 Å². The van der Waals surface area contributed by atoms with Gasteiger partial charge < -0.3 is 29.5 Å². The van der Waals surface area contributed by atoms with E-state index >= 15 is 0 Å². The van der Waals surface area contributed by atoms with Gasteiger partial charge in [-0.2, -0.15) is 0 Å². The van der Waals surface area contributed by atoms with Gasteiger partial charge in [-0.15, -0.1) is 0 Å². The van der Waals surface area contributed by atoms with Crippen LogP contribution in [-0.4, -0.2) is 64.8 Å². The van der Waals surface area contributed by atoms with Crippen molar-refractivity contribution < 1.29 is 29.5 Å². The van der Waals surface area contributed by atoms with Crippen LogP contribution in [0.4, 0.5) is 0 Å². The van der Waals surface area contributed by atoms with E-state index in [4.69, 9.17) is 14.2 Å². The quantitative estimate of drug-likeness (QED) is 0.630. The number of aliphatic hydroxyl groups excluding tert-OH is 3. The topological polar surface area (TPSA) is 88.4 Å². The minimum absolute atomic E-state index is 0.305. The molecule has 0 spiro atoms. The van der Waals surface area contributed by atoms with Crippen molar-refractivity contribution in [3.05, 3.63) is 0 Å². The van der Waals surface area contributed by atoms with Gasteiger partial charge in [0.25, 0.3) is 0 Å². The predicted molar refractivity (Wildman–Crippen MR) is 73.2 cm³/mol. The molecule has 0 aromatic rings. The van der Waals surface area contributed by atoms with Crippen LogP contribution in [0.5, 0.6) is 0 Å². The minimum Gasteiger partial charge on any atom is -0.394 e. The normalized spacial score (nSPS) is 35.2. The van der Waals surface area contributed by atoms with Crippen LogP contribution in [0.25, 0.3) is 0 Å². The third-order valence-electron chi connectivity index (χ3n) is 3.46. The first kappa shape index (κ1) is 17.8. The second-order valence-corrected chi connectivity index (χ2v) is 5.75. The molecule has 0 radical (unpaired) electrons. The van der Waals surface area contributed by atoms with Crippen molar-refractivity contribution in [3.63, 3.8) is 0 Å². The highest BCUT2D eigenvalue weighted by atomic mass is 16.7. The second kappa shape index (κ2) is 7.68. The van der Waals surface area contributed by atoms with E-state index in [0.29, 0.717) is 6.61 Å². The van der Waals surface area contributed by atoms with E-state index in [0.717, 1.165) is 12.8 Å². The summed E-state index contributed by atoms with van der Waals surface area (Å²) in [6, 6.07) is 0. The summed E-state index contributed by atoms with van der Waals surface area (Å²) in [5.74, 6) is 0. The Balaban J connectivity index is 2.78. The Morgan fingerprint density at radius 2 is 1.80 bits per heavy atom. The lowest BCUT2D eigenvalue weighted by atomic mass is 9.96. The Hall–Kier alpha value is -0.240. The molecular weight excluding hydrogens is 264 g/mol. The SMILES string of the molecule is CCCC(C)(C)OC1C(CO)OC(OCC)C(O)C1O. The van der Waals surface area contributed by atoms with Crippen molar-refractivity contribution in [2.24, 2.45) is 0 Å². The fraction of sp³-hybridized carbons (Fsp3) is 1.00. The van der Waals surface area contributed by atoms with E-state index < -0.39 is 36.3 Å². The average molecular weight is 292 g/mol. The lowest BCUT2D eigenvalue weighted by Gasteiger charge is -2.44. The summed E-state index contributed by atoms with van der Waals surface area (Å²) in [5.41, 5.74) is -0.463. The Bertz CT molecular complexity index is 281. The molecule has 5 unspecified atom stereocenters. The molecule has 0 bridgehead atoms. The first-order valence-corrected chi connectivity index (χ1v) is 7.28. The molecule has 120 valence electrons. The first-order chi connectivity index (χ1) is 9.36. The van der Waals surface area contributed by atoms with Gasteiger partial charge in [-0.25, -0.2) is 0 Å². The molecule has 6 heteroatoms. The molecule has 0 aliphatic carbocycles. The highest BCUT2D eigenvalue weighted by Gasteiger charge is 2.47. The highest BCUT2D eigenvalue weighted by molar-refractivity contribution is 4.92. The van der Waals surface area contributed by atoms with Crippen LogP contribution in [0, 0.1) is 0 Å². The number of hydrogen-bond donors (Lipinski definition) is 3. The van der Waals surface area contributed by atoms with Crippen molar-refractivity contribution in [1.82, 2.24) is 0 Å². The summed E-state index contributed by atoms with van der Waals surface area (Å²) in [6.45, 7) is 7.68. The molecule has 20 heavy (non-hydrogen) atoms. The monoisotopic (exact) mass is 292 g/mol. The zero-order valence-corrected chi connectivity index (χ0v) is 12.8. The van der Waals surface area contributed by atoms with Crippen LogP contribution in [0.1, 0.15) is 40.5 Å². The van der Waals surface area contributed by atoms with Gasteiger partial charge in [0.15, 0.2) is 6.29 Å². The lowest BCUT2D eigenvalue weighted by Crippen LogP contribution is -2.61. The number of ether oxygens (including phenoxy) is 3. The lowest BCUT2D eigenvalue weighted by molar-refractivity contribution is -0.318. The zero-order chi connectivity index (χ0) is 15.3. The van der Waals surface area contributed by atoms with Gasteiger partial charge in [-0.1, -0.05) is 13.3 Å².